The minimum absolute atomic E-state index is 0.0619. The summed E-state index contributed by atoms with van der Waals surface area (Å²) in [4.78, 5) is 0. The van der Waals surface area contributed by atoms with E-state index in [1.165, 1.54) is 0 Å². The molecular weight excluding hydrogens is 276 g/mol. The molecule has 0 spiro atoms. The second kappa shape index (κ2) is 5.55. The summed E-state index contributed by atoms with van der Waals surface area (Å²) in [6.07, 6.45) is 1.05. The molecule has 5 nitrogen and oxygen atoms in total. The molecular formula is C14H28N2O3S. The molecule has 20 heavy (non-hydrogen) atoms. The quantitative estimate of drug-likeness (QED) is 0.780. The summed E-state index contributed by atoms with van der Waals surface area (Å²) >= 11 is 0. The van der Waals surface area contributed by atoms with Crippen molar-refractivity contribution >= 4 is 10.2 Å². The van der Waals surface area contributed by atoms with E-state index in [1.807, 2.05) is 20.8 Å². The van der Waals surface area contributed by atoms with Gasteiger partial charge < -0.3 is 4.74 Å². The molecule has 0 aromatic heterocycles. The fourth-order valence-corrected chi connectivity index (χ4v) is 5.61. The Hall–Kier alpha value is -0.170. The van der Waals surface area contributed by atoms with Crippen molar-refractivity contribution in [3.05, 3.63) is 0 Å². The van der Waals surface area contributed by atoms with Gasteiger partial charge in [0.1, 0.15) is 0 Å². The predicted molar refractivity (Wildman–Crippen MR) is 79.6 cm³/mol. The molecule has 0 N–H and O–H groups in total. The van der Waals surface area contributed by atoms with Crippen LogP contribution in [0.2, 0.25) is 0 Å². The van der Waals surface area contributed by atoms with Gasteiger partial charge in [-0.1, -0.05) is 13.8 Å². The van der Waals surface area contributed by atoms with Crippen LogP contribution in [-0.4, -0.2) is 54.9 Å². The average molecular weight is 304 g/mol. The lowest BCUT2D eigenvalue weighted by Gasteiger charge is -2.44. The zero-order valence-electron chi connectivity index (χ0n) is 13.3. The van der Waals surface area contributed by atoms with E-state index in [9.17, 15) is 8.42 Å². The Kier molecular flexibility index (Phi) is 4.50. The number of hydrogen-bond donors (Lipinski definition) is 0. The Morgan fingerprint density at radius 1 is 1.00 bits per heavy atom. The standard InChI is InChI=1S/C14H28N2O3S/c1-11-6-12(2)8-15(7-11)20(17,18)16-9-13(3)19-14(4,5)10-16/h11-13H,6-10H2,1-5H3/t11-,12-,13-/m1/s1. The Labute approximate surface area is 123 Å². The van der Waals surface area contributed by atoms with Gasteiger partial charge in [0.05, 0.1) is 11.7 Å². The minimum atomic E-state index is -3.37. The van der Waals surface area contributed by atoms with Crippen molar-refractivity contribution in [2.75, 3.05) is 26.2 Å². The van der Waals surface area contributed by atoms with Gasteiger partial charge in [-0.3, -0.25) is 0 Å². The Balaban J connectivity index is 2.17. The van der Waals surface area contributed by atoms with Crippen molar-refractivity contribution in [1.82, 2.24) is 8.61 Å². The molecule has 2 aliphatic heterocycles. The monoisotopic (exact) mass is 304 g/mol. The van der Waals surface area contributed by atoms with Crippen LogP contribution in [0.15, 0.2) is 0 Å². The van der Waals surface area contributed by atoms with Crippen LogP contribution >= 0.6 is 0 Å². The molecule has 0 aromatic carbocycles. The molecule has 0 aliphatic carbocycles. The van der Waals surface area contributed by atoms with Gasteiger partial charge in [0.25, 0.3) is 10.2 Å². The molecule has 0 unspecified atom stereocenters. The van der Waals surface area contributed by atoms with Gasteiger partial charge in [0.2, 0.25) is 0 Å². The van der Waals surface area contributed by atoms with E-state index in [2.05, 4.69) is 13.8 Å². The number of ether oxygens (including phenoxy) is 1. The average Bonchev–Trinajstić information content (AvgIpc) is 2.24. The highest BCUT2D eigenvalue weighted by Gasteiger charge is 2.41. The number of morpholine rings is 1. The van der Waals surface area contributed by atoms with Gasteiger partial charge >= 0.3 is 0 Å². The first-order chi connectivity index (χ1) is 9.10. The van der Waals surface area contributed by atoms with Gasteiger partial charge in [0, 0.05) is 26.2 Å². The minimum Gasteiger partial charge on any atom is -0.370 e. The smallest absolute Gasteiger partial charge is 0.282 e. The lowest BCUT2D eigenvalue weighted by molar-refractivity contribution is -0.110. The molecule has 0 amide bonds. The summed E-state index contributed by atoms with van der Waals surface area (Å²) in [6, 6.07) is 0. The van der Waals surface area contributed by atoms with E-state index < -0.39 is 15.8 Å². The second-order valence-electron chi connectivity index (χ2n) is 7.25. The third kappa shape index (κ3) is 3.53. The summed E-state index contributed by atoms with van der Waals surface area (Å²) in [7, 11) is -3.37. The maximum atomic E-state index is 12.9. The Morgan fingerprint density at radius 2 is 1.55 bits per heavy atom. The van der Waals surface area contributed by atoms with Crippen LogP contribution in [-0.2, 0) is 14.9 Å². The van der Waals surface area contributed by atoms with Gasteiger partial charge in [-0.15, -0.1) is 0 Å². The lowest BCUT2D eigenvalue weighted by Crippen LogP contribution is -2.58. The van der Waals surface area contributed by atoms with Crippen molar-refractivity contribution in [2.45, 2.75) is 52.7 Å². The van der Waals surface area contributed by atoms with Crippen molar-refractivity contribution in [2.24, 2.45) is 11.8 Å². The fraction of sp³-hybridized carbons (Fsp3) is 1.00. The maximum Gasteiger partial charge on any atom is 0.282 e. The third-order valence-corrected chi connectivity index (χ3v) is 5.91. The van der Waals surface area contributed by atoms with Crippen molar-refractivity contribution in [1.29, 1.82) is 0 Å². The number of hydrogen-bond acceptors (Lipinski definition) is 3. The second-order valence-corrected chi connectivity index (χ2v) is 9.18. The molecule has 2 rings (SSSR count). The SMILES string of the molecule is C[C@@H]1C[C@@H](C)CN(S(=O)(=O)N2C[C@@H](C)OC(C)(C)C2)C1. The summed E-state index contributed by atoms with van der Waals surface area (Å²) in [5.74, 6) is 0.861. The first-order valence-electron chi connectivity index (χ1n) is 7.53. The van der Waals surface area contributed by atoms with Gasteiger partial charge in [-0.2, -0.15) is 17.0 Å². The predicted octanol–water partition coefficient (Wildman–Crippen LogP) is 1.71. The summed E-state index contributed by atoms with van der Waals surface area (Å²) in [6.45, 7) is 12.2. The summed E-state index contributed by atoms with van der Waals surface area (Å²) in [5.41, 5.74) is -0.419. The van der Waals surface area contributed by atoms with Crippen molar-refractivity contribution in [3.63, 3.8) is 0 Å². The molecule has 2 saturated heterocycles. The zero-order chi connectivity index (χ0) is 15.1. The highest BCUT2D eigenvalue weighted by atomic mass is 32.2. The van der Waals surface area contributed by atoms with Crippen molar-refractivity contribution < 1.29 is 13.2 Å². The van der Waals surface area contributed by atoms with Gasteiger partial charge in [-0.25, -0.2) is 0 Å². The van der Waals surface area contributed by atoms with Gasteiger partial charge in [0.15, 0.2) is 0 Å². The maximum absolute atomic E-state index is 12.9. The van der Waals surface area contributed by atoms with Crippen molar-refractivity contribution in [3.8, 4) is 0 Å². The first kappa shape index (κ1) is 16.2. The van der Waals surface area contributed by atoms with Gasteiger partial charge in [-0.05, 0) is 39.0 Å². The van der Waals surface area contributed by atoms with Crippen LogP contribution in [0.1, 0.15) is 41.0 Å². The molecule has 0 radical (unpaired) electrons. The topological polar surface area (TPSA) is 49.9 Å². The van der Waals surface area contributed by atoms with Crippen LogP contribution in [0, 0.1) is 11.8 Å². The van der Waals surface area contributed by atoms with Crippen LogP contribution in [0.25, 0.3) is 0 Å². The van der Waals surface area contributed by atoms with Crippen LogP contribution in [0.5, 0.6) is 0 Å². The summed E-state index contributed by atoms with van der Waals surface area (Å²) < 4.78 is 34.8. The largest absolute Gasteiger partial charge is 0.370 e. The molecule has 2 aliphatic rings. The number of piperidine rings is 1. The lowest BCUT2D eigenvalue weighted by atomic mass is 9.94. The molecule has 0 saturated carbocycles. The highest BCUT2D eigenvalue weighted by molar-refractivity contribution is 7.86. The molecule has 3 atom stereocenters. The van der Waals surface area contributed by atoms with E-state index in [1.54, 1.807) is 8.61 Å². The van der Waals surface area contributed by atoms with E-state index >= 15 is 0 Å². The Morgan fingerprint density at radius 3 is 2.05 bits per heavy atom. The van der Waals surface area contributed by atoms with E-state index in [4.69, 9.17) is 4.74 Å². The normalized spacial score (nSPS) is 37.0. The van der Waals surface area contributed by atoms with E-state index in [0.29, 0.717) is 38.0 Å². The Bertz CT molecular complexity index is 439. The fourth-order valence-electron chi connectivity index (χ4n) is 3.53. The molecule has 2 heterocycles. The summed E-state index contributed by atoms with van der Waals surface area (Å²) in [5, 5.41) is 0. The number of nitrogens with zero attached hydrogens (tertiary/aromatic N) is 2. The van der Waals surface area contributed by atoms with Crippen LogP contribution in [0.3, 0.4) is 0 Å². The molecule has 0 aromatic rings. The van der Waals surface area contributed by atoms with E-state index in [0.717, 1.165) is 6.42 Å². The van der Waals surface area contributed by atoms with Crippen LogP contribution in [0.4, 0.5) is 0 Å². The third-order valence-electron chi connectivity index (χ3n) is 4.03. The van der Waals surface area contributed by atoms with Crippen LogP contribution < -0.4 is 0 Å². The molecule has 118 valence electrons. The zero-order valence-corrected chi connectivity index (χ0v) is 14.1. The van der Waals surface area contributed by atoms with E-state index in [-0.39, 0.29) is 6.10 Å². The molecule has 2 fully saturated rings. The number of rotatable bonds is 2. The molecule has 6 heteroatoms. The first-order valence-corrected chi connectivity index (χ1v) is 8.93. The highest BCUT2D eigenvalue weighted by Crippen LogP contribution is 2.28. The molecule has 0 bridgehead atoms.